The van der Waals surface area contributed by atoms with E-state index in [0.717, 1.165) is 29.9 Å². The molecule has 0 bridgehead atoms. The molecule has 31 heavy (non-hydrogen) atoms. The van der Waals surface area contributed by atoms with Crippen molar-refractivity contribution in [2.45, 2.75) is 37.6 Å². The van der Waals surface area contributed by atoms with Gasteiger partial charge in [-0.05, 0) is 42.9 Å². The molecule has 0 aliphatic heterocycles. The van der Waals surface area contributed by atoms with Crippen molar-refractivity contribution < 1.29 is 0 Å². The monoisotopic (exact) mass is 427 g/mol. The van der Waals surface area contributed by atoms with Crippen LogP contribution >= 0.6 is 11.6 Å². The van der Waals surface area contributed by atoms with Crippen LogP contribution in [0, 0.1) is 11.3 Å². The van der Waals surface area contributed by atoms with Crippen LogP contribution in [0.15, 0.2) is 67.0 Å². The van der Waals surface area contributed by atoms with Gasteiger partial charge in [0, 0.05) is 22.8 Å². The van der Waals surface area contributed by atoms with E-state index in [0.29, 0.717) is 28.3 Å². The van der Waals surface area contributed by atoms with Crippen molar-refractivity contribution in [2.24, 2.45) is 0 Å². The normalized spacial score (nSPS) is 18.6. The van der Waals surface area contributed by atoms with E-state index in [2.05, 4.69) is 46.7 Å². The first-order valence-electron chi connectivity index (χ1n) is 10.6. The minimum Gasteiger partial charge on any atom is -0.364 e. The van der Waals surface area contributed by atoms with Gasteiger partial charge in [0.2, 0.25) is 0 Å². The van der Waals surface area contributed by atoms with Crippen molar-refractivity contribution >= 4 is 23.1 Å². The zero-order valence-electron chi connectivity index (χ0n) is 17.0. The average Bonchev–Trinajstić information content (AvgIpc) is 3.27. The number of benzene rings is 2. The van der Waals surface area contributed by atoms with Crippen LogP contribution in [-0.4, -0.2) is 20.4 Å². The summed E-state index contributed by atoms with van der Waals surface area (Å²) in [5.74, 6) is 1.27. The van der Waals surface area contributed by atoms with E-state index < -0.39 is 0 Å². The third-order valence-corrected chi connectivity index (χ3v) is 6.29. The van der Waals surface area contributed by atoms with Crippen LogP contribution in [0.1, 0.15) is 42.9 Å². The Balaban J connectivity index is 1.45. The standard InChI is InChI=1S/C25H22ClN5/c26-20-11-9-18(10-12-20)23-16-31-22(14-27)15-28-24(25(31)30-23)29-21-8-4-7-19(13-21)17-5-2-1-3-6-17/h1-3,5-6,9-12,15-16,19,21H,4,7-8,13H2,(H,28,29)/t19?,21-/m0/s1. The van der Waals surface area contributed by atoms with E-state index >= 15 is 0 Å². The van der Waals surface area contributed by atoms with Gasteiger partial charge in [0.1, 0.15) is 11.8 Å². The SMILES string of the molecule is N#Cc1cnc(N[C@H]2CCCC(c3ccccc3)C2)c2nc(-c3ccc(Cl)cc3)cn12. The Hall–Kier alpha value is -3.36. The van der Waals surface area contributed by atoms with Crippen molar-refractivity contribution in [3.05, 3.63) is 83.3 Å². The van der Waals surface area contributed by atoms with Gasteiger partial charge in [0.25, 0.3) is 0 Å². The molecule has 0 spiro atoms. The molecule has 0 saturated heterocycles. The molecule has 4 aromatic rings. The molecule has 1 fully saturated rings. The van der Waals surface area contributed by atoms with Crippen LogP contribution in [0.25, 0.3) is 16.9 Å². The summed E-state index contributed by atoms with van der Waals surface area (Å²) >= 11 is 6.03. The molecule has 0 amide bonds. The van der Waals surface area contributed by atoms with Crippen molar-refractivity contribution in [3.8, 4) is 17.3 Å². The van der Waals surface area contributed by atoms with Crippen molar-refractivity contribution in [3.63, 3.8) is 0 Å². The molecule has 1 unspecified atom stereocenters. The lowest BCUT2D eigenvalue weighted by Gasteiger charge is -2.30. The maximum absolute atomic E-state index is 9.55. The number of imidazole rings is 1. The second-order valence-electron chi connectivity index (χ2n) is 8.05. The number of rotatable bonds is 4. The van der Waals surface area contributed by atoms with Gasteiger partial charge in [-0.1, -0.05) is 60.5 Å². The molecule has 2 aromatic carbocycles. The van der Waals surface area contributed by atoms with Crippen LogP contribution in [0.2, 0.25) is 5.02 Å². The topological polar surface area (TPSA) is 66.0 Å². The Labute approximate surface area is 186 Å². The molecule has 1 aliphatic carbocycles. The molecule has 2 atom stereocenters. The first-order valence-corrected chi connectivity index (χ1v) is 10.9. The molecule has 2 heterocycles. The van der Waals surface area contributed by atoms with Gasteiger partial charge in [0.15, 0.2) is 11.5 Å². The maximum atomic E-state index is 9.55. The first-order chi connectivity index (χ1) is 15.2. The molecule has 154 valence electrons. The molecule has 5 nitrogen and oxygen atoms in total. The highest BCUT2D eigenvalue weighted by molar-refractivity contribution is 6.30. The van der Waals surface area contributed by atoms with E-state index in [9.17, 15) is 5.26 Å². The predicted molar refractivity (Wildman–Crippen MR) is 123 cm³/mol. The summed E-state index contributed by atoms with van der Waals surface area (Å²) in [6, 6.07) is 20.8. The lowest BCUT2D eigenvalue weighted by molar-refractivity contribution is 0.410. The van der Waals surface area contributed by atoms with Crippen LogP contribution in [-0.2, 0) is 0 Å². The van der Waals surface area contributed by atoms with E-state index in [4.69, 9.17) is 16.6 Å². The fourth-order valence-electron chi connectivity index (χ4n) is 4.46. The molecule has 2 aromatic heterocycles. The van der Waals surface area contributed by atoms with Crippen molar-refractivity contribution in [1.29, 1.82) is 5.26 Å². The first kappa shape index (κ1) is 19.6. The van der Waals surface area contributed by atoms with Gasteiger partial charge >= 0.3 is 0 Å². The number of nitrogens with zero attached hydrogens (tertiary/aromatic N) is 4. The summed E-state index contributed by atoms with van der Waals surface area (Å²) < 4.78 is 1.82. The van der Waals surface area contributed by atoms with Crippen LogP contribution in [0.3, 0.4) is 0 Å². The predicted octanol–water partition coefficient (Wildman–Crippen LogP) is 6.06. The molecular formula is C25H22ClN5. The summed E-state index contributed by atoms with van der Waals surface area (Å²) in [5, 5.41) is 13.9. The largest absolute Gasteiger partial charge is 0.364 e. The Morgan fingerprint density at radius 2 is 1.87 bits per heavy atom. The second kappa shape index (κ2) is 8.41. The van der Waals surface area contributed by atoms with Gasteiger partial charge in [-0.2, -0.15) is 5.26 Å². The molecule has 0 radical (unpaired) electrons. The Morgan fingerprint density at radius 1 is 1.06 bits per heavy atom. The fraction of sp³-hybridized carbons (Fsp3) is 0.240. The van der Waals surface area contributed by atoms with Crippen molar-refractivity contribution in [2.75, 3.05) is 5.32 Å². The van der Waals surface area contributed by atoms with E-state index in [1.54, 1.807) is 6.20 Å². The fourth-order valence-corrected chi connectivity index (χ4v) is 4.59. The molecule has 1 aliphatic rings. The Kier molecular flexibility index (Phi) is 5.31. The number of anilines is 1. The van der Waals surface area contributed by atoms with Crippen LogP contribution in [0.4, 0.5) is 5.82 Å². The smallest absolute Gasteiger partial charge is 0.181 e. The van der Waals surface area contributed by atoms with E-state index in [-0.39, 0.29) is 0 Å². The van der Waals surface area contributed by atoms with Crippen LogP contribution in [0.5, 0.6) is 0 Å². The zero-order chi connectivity index (χ0) is 21.2. The highest BCUT2D eigenvalue weighted by Crippen LogP contribution is 2.34. The average molecular weight is 428 g/mol. The van der Waals surface area contributed by atoms with Gasteiger partial charge in [-0.3, -0.25) is 4.40 Å². The molecule has 1 N–H and O–H groups in total. The number of hydrogen-bond donors (Lipinski definition) is 1. The lowest BCUT2D eigenvalue weighted by atomic mass is 9.81. The number of halogens is 1. The molecular weight excluding hydrogens is 406 g/mol. The third-order valence-electron chi connectivity index (χ3n) is 6.03. The molecule has 5 rings (SSSR count). The molecule has 1 saturated carbocycles. The summed E-state index contributed by atoms with van der Waals surface area (Å²) in [4.78, 5) is 9.36. The van der Waals surface area contributed by atoms with Gasteiger partial charge in [-0.25, -0.2) is 9.97 Å². The number of nitrogens with one attached hydrogen (secondary N) is 1. The number of nitriles is 1. The van der Waals surface area contributed by atoms with Gasteiger partial charge in [0.05, 0.1) is 11.9 Å². The maximum Gasteiger partial charge on any atom is 0.181 e. The van der Waals surface area contributed by atoms with Gasteiger partial charge < -0.3 is 5.32 Å². The quantitative estimate of drug-likeness (QED) is 0.430. The Morgan fingerprint density at radius 3 is 2.65 bits per heavy atom. The Bertz CT molecular complexity index is 1240. The summed E-state index contributed by atoms with van der Waals surface area (Å²) in [6.07, 6.45) is 8.04. The molecule has 6 heteroatoms. The van der Waals surface area contributed by atoms with E-state index in [1.807, 2.05) is 34.9 Å². The second-order valence-corrected chi connectivity index (χ2v) is 8.48. The summed E-state index contributed by atoms with van der Waals surface area (Å²) in [6.45, 7) is 0. The number of fused-ring (bicyclic) bond motifs is 1. The van der Waals surface area contributed by atoms with Gasteiger partial charge in [-0.15, -0.1) is 0 Å². The van der Waals surface area contributed by atoms with Crippen LogP contribution < -0.4 is 5.32 Å². The number of hydrogen-bond acceptors (Lipinski definition) is 4. The highest BCUT2D eigenvalue weighted by Gasteiger charge is 2.24. The number of aromatic nitrogens is 3. The lowest BCUT2D eigenvalue weighted by Crippen LogP contribution is -2.27. The minimum absolute atomic E-state index is 0.318. The third kappa shape index (κ3) is 3.99. The van der Waals surface area contributed by atoms with Crippen molar-refractivity contribution in [1.82, 2.24) is 14.4 Å². The minimum atomic E-state index is 0.318. The summed E-state index contributed by atoms with van der Waals surface area (Å²) in [7, 11) is 0. The van der Waals surface area contributed by atoms with E-state index in [1.165, 1.54) is 18.4 Å². The zero-order valence-corrected chi connectivity index (χ0v) is 17.8. The summed E-state index contributed by atoms with van der Waals surface area (Å²) in [5.41, 5.74) is 4.27. The highest BCUT2D eigenvalue weighted by atomic mass is 35.5.